The highest BCUT2D eigenvalue weighted by atomic mass is 79.9. The lowest BCUT2D eigenvalue weighted by atomic mass is 9.97. The second-order valence-electron chi connectivity index (χ2n) is 5.06. The molecule has 2 heteroatoms. The molecule has 0 fully saturated rings. The van der Waals surface area contributed by atoms with Crippen LogP contribution in [0.5, 0.6) is 5.75 Å². The molecule has 0 heterocycles. The fourth-order valence-electron chi connectivity index (χ4n) is 2.08. The maximum absolute atomic E-state index is 5.48. The summed E-state index contributed by atoms with van der Waals surface area (Å²) in [6.07, 6.45) is 2.22. The molecule has 96 valence electrons. The number of ether oxygens (including phenoxy) is 1. The van der Waals surface area contributed by atoms with E-state index in [-0.39, 0.29) is 0 Å². The molecular weight excluding hydrogens is 276 g/mol. The van der Waals surface area contributed by atoms with E-state index in [1.807, 2.05) is 0 Å². The maximum Gasteiger partial charge on any atom is 0.122 e. The van der Waals surface area contributed by atoms with Gasteiger partial charge in [0.2, 0.25) is 0 Å². The number of aryl methyl sites for hydroxylation is 2. The van der Waals surface area contributed by atoms with Gasteiger partial charge in [0.25, 0.3) is 0 Å². The fourth-order valence-corrected chi connectivity index (χ4v) is 2.31. The Morgan fingerprint density at radius 2 is 1.88 bits per heavy atom. The van der Waals surface area contributed by atoms with E-state index in [2.05, 4.69) is 55.8 Å². The summed E-state index contributed by atoms with van der Waals surface area (Å²) in [6.45, 7) is 8.78. The first-order valence-electron chi connectivity index (χ1n) is 6.24. The van der Waals surface area contributed by atoms with Crippen LogP contribution >= 0.6 is 15.9 Å². The summed E-state index contributed by atoms with van der Waals surface area (Å²) in [5, 5.41) is 0. The lowest BCUT2D eigenvalue weighted by Crippen LogP contribution is -2.09. The predicted molar refractivity (Wildman–Crippen MR) is 78.3 cm³/mol. The SMILES string of the molecule is COc1cc(C)cc(C)c1CCC(Br)C(C)C. The van der Waals surface area contributed by atoms with E-state index in [1.165, 1.54) is 16.7 Å². The number of rotatable bonds is 5. The van der Waals surface area contributed by atoms with Crippen molar-refractivity contribution in [2.24, 2.45) is 5.92 Å². The van der Waals surface area contributed by atoms with E-state index in [9.17, 15) is 0 Å². The molecule has 0 aliphatic heterocycles. The lowest BCUT2D eigenvalue weighted by molar-refractivity contribution is 0.407. The Morgan fingerprint density at radius 1 is 1.24 bits per heavy atom. The van der Waals surface area contributed by atoms with E-state index < -0.39 is 0 Å². The van der Waals surface area contributed by atoms with Gasteiger partial charge in [0, 0.05) is 4.83 Å². The average Bonchev–Trinajstić information content (AvgIpc) is 2.26. The molecule has 0 saturated carbocycles. The van der Waals surface area contributed by atoms with Crippen molar-refractivity contribution < 1.29 is 4.74 Å². The zero-order valence-electron chi connectivity index (χ0n) is 11.5. The Kier molecular flexibility index (Phi) is 5.51. The van der Waals surface area contributed by atoms with Crippen LogP contribution in [0.15, 0.2) is 12.1 Å². The normalized spacial score (nSPS) is 12.9. The molecule has 0 aliphatic carbocycles. The molecule has 17 heavy (non-hydrogen) atoms. The standard InChI is InChI=1S/C15H23BrO/c1-10(2)14(16)7-6-13-12(4)8-11(3)9-15(13)17-5/h8-10,14H,6-7H2,1-5H3. The van der Waals surface area contributed by atoms with Crippen molar-refractivity contribution in [3.8, 4) is 5.75 Å². The number of benzene rings is 1. The topological polar surface area (TPSA) is 9.23 Å². The van der Waals surface area contributed by atoms with Crippen LogP contribution in [0.4, 0.5) is 0 Å². The maximum atomic E-state index is 5.48. The first-order chi connectivity index (χ1) is 7.95. The highest BCUT2D eigenvalue weighted by molar-refractivity contribution is 9.09. The van der Waals surface area contributed by atoms with Gasteiger partial charge in [-0.2, -0.15) is 0 Å². The summed E-state index contributed by atoms with van der Waals surface area (Å²) in [4.78, 5) is 0.577. The number of hydrogen-bond donors (Lipinski definition) is 0. The molecule has 1 atom stereocenters. The van der Waals surface area contributed by atoms with E-state index in [0.717, 1.165) is 18.6 Å². The van der Waals surface area contributed by atoms with Crippen molar-refractivity contribution in [1.82, 2.24) is 0 Å². The molecule has 0 N–H and O–H groups in total. The Bertz CT molecular complexity index is 371. The number of hydrogen-bond acceptors (Lipinski definition) is 1. The third-order valence-electron chi connectivity index (χ3n) is 3.19. The third kappa shape index (κ3) is 4.02. The van der Waals surface area contributed by atoms with E-state index in [1.54, 1.807) is 7.11 Å². The first kappa shape index (κ1) is 14.6. The van der Waals surface area contributed by atoms with Gasteiger partial charge >= 0.3 is 0 Å². The fraction of sp³-hybridized carbons (Fsp3) is 0.600. The molecule has 0 bridgehead atoms. The molecule has 1 nitrogen and oxygen atoms in total. The smallest absolute Gasteiger partial charge is 0.122 e. The number of halogens is 1. The van der Waals surface area contributed by atoms with Crippen LogP contribution in [0.1, 0.15) is 37.0 Å². The molecule has 0 amide bonds. The lowest BCUT2D eigenvalue weighted by Gasteiger charge is -2.17. The Balaban J connectivity index is 2.83. The Hall–Kier alpha value is -0.500. The summed E-state index contributed by atoms with van der Waals surface area (Å²) in [5.74, 6) is 1.71. The Morgan fingerprint density at radius 3 is 2.41 bits per heavy atom. The van der Waals surface area contributed by atoms with Gasteiger partial charge in [-0.25, -0.2) is 0 Å². The van der Waals surface area contributed by atoms with Gasteiger partial charge in [0.05, 0.1) is 7.11 Å². The van der Waals surface area contributed by atoms with Crippen LogP contribution in [0.25, 0.3) is 0 Å². The minimum atomic E-state index is 0.577. The minimum absolute atomic E-state index is 0.577. The van der Waals surface area contributed by atoms with Gasteiger partial charge < -0.3 is 4.74 Å². The highest BCUT2D eigenvalue weighted by Gasteiger charge is 2.13. The molecule has 1 unspecified atom stereocenters. The molecule has 0 saturated heterocycles. The molecule has 1 aromatic carbocycles. The van der Waals surface area contributed by atoms with E-state index in [0.29, 0.717) is 10.7 Å². The van der Waals surface area contributed by atoms with Gasteiger partial charge in [-0.3, -0.25) is 0 Å². The summed E-state index contributed by atoms with van der Waals surface area (Å²) >= 11 is 3.74. The molecule has 0 spiro atoms. The largest absolute Gasteiger partial charge is 0.496 e. The molecular formula is C15H23BrO. The zero-order chi connectivity index (χ0) is 13.0. The average molecular weight is 299 g/mol. The van der Waals surface area contributed by atoms with Crippen molar-refractivity contribution in [1.29, 1.82) is 0 Å². The van der Waals surface area contributed by atoms with Crippen molar-refractivity contribution in [2.45, 2.75) is 45.4 Å². The van der Waals surface area contributed by atoms with Crippen molar-refractivity contribution in [3.63, 3.8) is 0 Å². The third-order valence-corrected chi connectivity index (χ3v) is 4.70. The van der Waals surface area contributed by atoms with Crippen LogP contribution in [-0.2, 0) is 6.42 Å². The minimum Gasteiger partial charge on any atom is -0.496 e. The zero-order valence-corrected chi connectivity index (χ0v) is 13.1. The second-order valence-corrected chi connectivity index (χ2v) is 6.24. The number of methoxy groups -OCH3 is 1. The molecule has 0 radical (unpaired) electrons. The van der Waals surface area contributed by atoms with Crippen molar-refractivity contribution in [3.05, 3.63) is 28.8 Å². The van der Waals surface area contributed by atoms with Crippen LogP contribution in [0.2, 0.25) is 0 Å². The van der Waals surface area contributed by atoms with Gasteiger partial charge in [0.15, 0.2) is 0 Å². The van der Waals surface area contributed by atoms with Crippen LogP contribution in [0.3, 0.4) is 0 Å². The predicted octanol–water partition coefficient (Wildman–Crippen LogP) is 4.66. The van der Waals surface area contributed by atoms with Crippen LogP contribution in [0, 0.1) is 19.8 Å². The van der Waals surface area contributed by atoms with E-state index in [4.69, 9.17) is 4.74 Å². The van der Waals surface area contributed by atoms with Gasteiger partial charge in [-0.05, 0) is 55.4 Å². The first-order valence-corrected chi connectivity index (χ1v) is 7.15. The Labute approximate surface area is 114 Å². The van der Waals surface area contributed by atoms with Gasteiger partial charge in [0.1, 0.15) is 5.75 Å². The molecule has 1 aromatic rings. The summed E-state index contributed by atoms with van der Waals surface area (Å²) in [7, 11) is 1.76. The van der Waals surface area contributed by atoms with Crippen molar-refractivity contribution in [2.75, 3.05) is 7.11 Å². The summed E-state index contributed by atoms with van der Waals surface area (Å²) < 4.78 is 5.48. The quantitative estimate of drug-likeness (QED) is 0.718. The monoisotopic (exact) mass is 298 g/mol. The van der Waals surface area contributed by atoms with Gasteiger partial charge in [-0.15, -0.1) is 0 Å². The van der Waals surface area contributed by atoms with Crippen molar-refractivity contribution >= 4 is 15.9 Å². The van der Waals surface area contributed by atoms with E-state index >= 15 is 0 Å². The van der Waals surface area contributed by atoms with Crippen LogP contribution < -0.4 is 4.74 Å². The summed E-state index contributed by atoms with van der Waals surface area (Å²) in [6, 6.07) is 4.36. The van der Waals surface area contributed by atoms with Gasteiger partial charge in [-0.1, -0.05) is 35.8 Å². The molecule has 1 rings (SSSR count). The summed E-state index contributed by atoms with van der Waals surface area (Å²) in [5.41, 5.74) is 3.95. The molecule has 0 aromatic heterocycles. The highest BCUT2D eigenvalue weighted by Crippen LogP contribution is 2.28. The number of alkyl halides is 1. The van der Waals surface area contributed by atoms with Crippen LogP contribution in [-0.4, -0.2) is 11.9 Å². The second kappa shape index (κ2) is 6.44. The molecule has 0 aliphatic rings.